The number of nitrogens with zero attached hydrogens (tertiary/aromatic N) is 5. The molecule has 3 unspecified atom stereocenters. The van der Waals surface area contributed by atoms with Gasteiger partial charge in [0.2, 0.25) is 17.6 Å². The maximum Gasteiger partial charge on any atom is 0.272 e. The molecule has 50 heavy (non-hydrogen) atoms. The summed E-state index contributed by atoms with van der Waals surface area (Å²) in [5, 5.41) is 23.5. The molecule has 2 aromatic carbocycles. The molecule has 6 rings (SSSR count). The van der Waals surface area contributed by atoms with Gasteiger partial charge in [0, 0.05) is 60.5 Å². The molecule has 262 valence electrons. The zero-order valence-corrected chi connectivity index (χ0v) is 28.9. The van der Waals surface area contributed by atoms with Crippen LogP contribution in [-0.2, 0) is 16.0 Å². The van der Waals surface area contributed by atoms with E-state index in [-0.39, 0.29) is 35.7 Å². The number of carbonyl (C=O) groups is 3. The van der Waals surface area contributed by atoms with Crippen LogP contribution in [0.1, 0.15) is 61.1 Å². The van der Waals surface area contributed by atoms with Crippen molar-refractivity contribution in [1.29, 1.82) is 0 Å². The van der Waals surface area contributed by atoms with Crippen molar-refractivity contribution in [1.82, 2.24) is 41.1 Å². The molecular formula is C37H46N10O3. The molecule has 1 saturated carbocycles. The number of aromatic amines is 1. The number of nitrogens with one attached hydrogen (secondary N) is 4. The van der Waals surface area contributed by atoms with E-state index in [1.54, 1.807) is 30.5 Å². The lowest BCUT2D eigenvalue weighted by Crippen LogP contribution is -2.55. The average Bonchev–Trinajstić information content (AvgIpc) is 3.67. The molecule has 0 spiro atoms. The van der Waals surface area contributed by atoms with Crippen LogP contribution in [0, 0.1) is 18.8 Å². The van der Waals surface area contributed by atoms with E-state index < -0.39 is 6.04 Å². The number of H-pyrrole nitrogens is 1. The normalized spacial score (nSPS) is 21.3. The molecular weight excluding hydrogens is 632 g/mol. The lowest BCUT2D eigenvalue weighted by molar-refractivity contribution is -0.130. The number of pyridine rings is 1. The number of carbonyl (C=O) groups excluding carboxylic acids is 3. The molecule has 2 aliphatic rings. The predicted octanol–water partition coefficient (Wildman–Crippen LogP) is 3.49. The highest BCUT2D eigenvalue weighted by atomic mass is 16.2. The number of nitrogens with two attached hydrogens (primary N) is 1. The topological polar surface area (TPSA) is 184 Å². The third kappa shape index (κ3) is 8.40. The first kappa shape index (κ1) is 34.8. The number of piperazine rings is 1. The van der Waals surface area contributed by atoms with Crippen molar-refractivity contribution in [2.45, 2.75) is 71.0 Å². The molecule has 13 heteroatoms. The third-order valence-electron chi connectivity index (χ3n) is 9.82. The van der Waals surface area contributed by atoms with Crippen molar-refractivity contribution in [3.63, 3.8) is 0 Å². The van der Waals surface area contributed by atoms with Crippen LogP contribution in [0.5, 0.6) is 0 Å². The Bertz CT molecular complexity index is 1760. The molecule has 0 bridgehead atoms. The molecule has 1 saturated heterocycles. The number of aromatic nitrogens is 5. The van der Waals surface area contributed by atoms with Crippen LogP contribution in [0.3, 0.4) is 0 Å². The van der Waals surface area contributed by atoms with E-state index in [2.05, 4.69) is 55.4 Å². The van der Waals surface area contributed by atoms with Gasteiger partial charge in [-0.1, -0.05) is 24.3 Å². The van der Waals surface area contributed by atoms with Gasteiger partial charge >= 0.3 is 0 Å². The quantitative estimate of drug-likeness (QED) is 0.168. The summed E-state index contributed by atoms with van der Waals surface area (Å²) in [6.45, 7) is 8.07. The molecule has 3 heterocycles. The SMILES string of the molecule is Cc1cc(C(=O)N2CC(C)NC(C)C2)ncc1-c1ccc(CC(NC(=O)C2CCC(CN)CC2)C(=O)Nc2ccc(-c3nn[nH]n3)cc2)cc1. The predicted molar refractivity (Wildman–Crippen MR) is 191 cm³/mol. The van der Waals surface area contributed by atoms with E-state index in [1.165, 1.54) is 0 Å². The summed E-state index contributed by atoms with van der Waals surface area (Å²) in [5.74, 6) is 0.285. The fourth-order valence-electron chi connectivity index (χ4n) is 7.06. The molecule has 4 aromatic rings. The summed E-state index contributed by atoms with van der Waals surface area (Å²) in [7, 11) is 0. The second kappa shape index (κ2) is 15.7. The fourth-order valence-corrected chi connectivity index (χ4v) is 7.06. The van der Waals surface area contributed by atoms with E-state index in [1.807, 2.05) is 42.2 Å². The number of benzene rings is 2. The second-order valence-corrected chi connectivity index (χ2v) is 13.8. The van der Waals surface area contributed by atoms with Gasteiger partial charge in [0.15, 0.2) is 0 Å². The number of aryl methyl sites for hydroxylation is 1. The summed E-state index contributed by atoms with van der Waals surface area (Å²) in [5.41, 5.74) is 11.4. The molecule has 0 radical (unpaired) electrons. The Kier molecular flexibility index (Phi) is 10.9. The number of hydrogen-bond donors (Lipinski definition) is 5. The summed E-state index contributed by atoms with van der Waals surface area (Å²) < 4.78 is 0. The number of rotatable bonds is 10. The van der Waals surface area contributed by atoms with Crippen molar-refractivity contribution in [2.24, 2.45) is 17.6 Å². The van der Waals surface area contributed by atoms with Gasteiger partial charge in [-0.15, -0.1) is 10.2 Å². The number of hydrogen-bond acceptors (Lipinski definition) is 9. The van der Waals surface area contributed by atoms with E-state index in [0.717, 1.165) is 53.5 Å². The van der Waals surface area contributed by atoms with Crippen LogP contribution < -0.4 is 21.7 Å². The molecule has 1 aliphatic carbocycles. The Morgan fingerprint density at radius 1 is 0.960 bits per heavy atom. The van der Waals surface area contributed by atoms with Crippen molar-refractivity contribution in [2.75, 3.05) is 25.0 Å². The van der Waals surface area contributed by atoms with Crippen LogP contribution in [-0.4, -0.2) is 86.0 Å². The van der Waals surface area contributed by atoms with Gasteiger partial charge in [-0.3, -0.25) is 19.4 Å². The number of amides is 3. The lowest BCUT2D eigenvalue weighted by Gasteiger charge is -2.36. The Labute approximate surface area is 292 Å². The Hall–Kier alpha value is -5.01. The first-order valence-electron chi connectivity index (χ1n) is 17.4. The zero-order valence-electron chi connectivity index (χ0n) is 28.9. The minimum Gasteiger partial charge on any atom is -0.344 e. The summed E-state index contributed by atoms with van der Waals surface area (Å²) in [6.07, 6.45) is 5.42. The Morgan fingerprint density at radius 2 is 1.64 bits per heavy atom. The summed E-state index contributed by atoms with van der Waals surface area (Å²) in [4.78, 5) is 46.8. The number of tetrazole rings is 1. The smallest absolute Gasteiger partial charge is 0.272 e. The average molecular weight is 679 g/mol. The van der Waals surface area contributed by atoms with E-state index in [4.69, 9.17) is 5.73 Å². The number of anilines is 1. The van der Waals surface area contributed by atoms with Crippen LogP contribution in [0.4, 0.5) is 5.69 Å². The van der Waals surface area contributed by atoms with Gasteiger partial charge in [0.25, 0.3) is 5.91 Å². The highest BCUT2D eigenvalue weighted by molar-refractivity contribution is 5.98. The molecule has 3 amide bonds. The third-order valence-corrected chi connectivity index (χ3v) is 9.82. The van der Waals surface area contributed by atoms with Gasteiger partial charge in [-0.05, 0) is 111 Å². The van der Waals surface area contributed by atoms with Crippen molar-refractivity contribution >= 4 is 23.4 Å². The van der Waals surface area contributed by atoms with Gasteiger partial charge in [-0.25, -0.2) is 0 Å². The first-order chi connectivity index (χ1) is 24.2. The molecule has 2 aromatic heterocycles. The van der Waals surface area contributed by atoms with Gasteiger partial charge in [0.1, 0.15) is 11.7 Å². The molecule has 13 nitrogen and oxygen atoms in total. The van der Waals surface area contributed by atoms with E-state index in [9.17, 15) is 14.4 Å². The highest BCUT2D eigenvalue weighted by Gasteiger charge is 2.30. The van der Waals surface area contributed by atoms with Crippen molar-refractivity contribution in [3.8, 4) is 22.5 Å². The highest BCUT2D eigenvalue weighted by Crippen LogP contribution is 2.29. The zero-order chi connectivity index (χ0) is 35.2. The summed E-state index contributed by atoms with van der Waals surface area (Å²) >= 11 is 0. The van der Waals surface area contributed by atoms with Crippen LogP contribution in [0.15, 0.2) is 60.8 Å². The molecule has 3 atom stereocenters. The maximum atomic E-state index is 13.7. The van der Waals surface area contributed by atoms with Crippen LogP contribution >= 0.6 is 0 Å². The first-order valence-corrected chi connectivity index (χ1v) is 17.4. The Balaban J connectivity index is 1.15. The fraction of sp³-hybridized carbons (Fsp3) is 0.432. The Morgan fingerprint density at radius 3 is 2.26 bits per heavy atom. The van der Waals surface area contributed by atoms with Crippen molar-refractivity contribution in [3.05, 3.63) is 77.6 Å². The largest absolute Gasteiger partial charge is 0.344 e. The summed E-state index contributed by atoms with van der Waals surface area (Å²) in [6, 6.07) is 16.6. The van der Waals surface area contributed by atoms with Gasteiger partial charge < -0.3 is 26.6 Å². The van der Waals surface area contributed by atoms with Gasteiger partial charge in [-0.2, -0.15) is 5.21 Å². The van der Waals surface area contributed by atoms with Gasteiger partial charge in [0.05, 0.1) is 0 Å². The van der Waals surface area contributed by atoms with Crippen molar-refractivity contribution < 1.29 is 14.4 Å². The second-order valence-electron chi connectivity index (χ2n) is 13.8. The van der Waals surface area contributed by atoms with E-state index >= 15 is 0 Å². The van der Waals surface area contributed by atoms with Crippen LogP contribution in [0.25, 0.3) is 22.5 Å². The molecule has 1 aliphatic heterocycles. The molecule has 6 N–H and O–H groups in total. The monoisotopic (exact) mass is 678 g/mol. The lowest BCUT2D eigenvalue weighted by atomic mass is 9.81. The maximum absolute atomic E-state index is 13.7. The van der Waals surface area contributed by atoms with E-state index in [0.29, 0.717) is 49.2 Å². The van der Waals surface area contributed by atoms with Crippen LogP contribution in [0.2, 0.25) is 0 Å². The minimum absolute atomic E-state index is 0.0584. The standard InChI is InChI=1S/C37H46N10O3/c1-22-16-33(37(50)47-20-23(2)40-24(3)21-47)39-19-31(22)27-8-4-25(5-9-27)17-32(42-35(48)29-10-6-26(18-38)7-11-29)36(49)41-30-14-12-28(13-15-30)34-43-45-46-44-34/h4-5,8-9,12-16,19,23-24,26,29,32,40H,6-7,10-11,17-18,20-21,38H2,1-3H3,(H,41,49)(H,42,48)(H,43,44,45,46). The minimum atomic E-state index is -0.790. The molecule has 2 fully saturated rings.